The quantitative estimate of drug-likeness (QED) is 0.222. The number of ketones is 4. The van der Waals surface area contributed by atoms with E-state index in [0.29, 0.717) is 37.7 Å². The first kappa shape index (κ1) is 45.6. The summed E-state index contributed by atoms with van der Waals surface area (Å²) < 4.78 is 16.8. The van der Waals surface area contributed by atoms with Gasteiger partial charge in [-0.25, -0.2) is 4.39 Å². The Labute approximate surface area is 356 Å². The largest absolute Gasteiger partial charge is 0.393 e. The van der Waals surface area contributed by atoms with Crippen LogP contribution in [0.2, 0.25) is 0 Å². The number of carbonyl (C=O) groups is 5. The molecular weight excluding hydrogens is 792 g/mol. The van der Waals surface area contributed by atoms with Crippen molar-refractivity contribution in [2.24, 2.45) is 56.7 Å². The molecule has 6 fully saturated rings. The van der Waals surface area contributed by atoms with Gasteiger partial charge < -0.3 is 30.6 Å². The van der Waals surface area contributed by atoms with Gasteiger partial charge in [-0.05, 0) is 118 Å². The number of carbonyl (C=O) groups excluding carboxylic acids is 5. The van der Waals surface area contributed by atoms with Gasteiger partial charge in [0.2, 0.25) is 0 Å². The summed E-state index contributed by atoms with van der Waals surface area (Å²) in [6, 6.07) is 0. The third kappa shape index (κ3) is 6.20. The smallest absolute Gasteiger partial charge is 0.194 e. The van der Waals surface area contributed by atoms with Crippen LogP contribution >= 0.6 is 11.8 Å². The lowest BCUT2D eigenvalue weighted by atomic mass is 9.44. The van der Waals surface area contributed by atoms with Crippen LogP contribution in [-0.2, 0) is 24.0 Å². The van der Waals surface area contributed by atoms with Crippen molar-refractivity contribution in [1.29, 1.82) is 0 Å². The van der Waals surface area contributed by atoms with Gasteiger partial charge in [0.25, 0.3) is 0 Å². The van der Waals surface area contributed by atoms with Gasteiger partial charge in [0.05, 0.1) is 24.1 Å². The molecule has 0 saturated heterocycles. The molecule has 0 aromatic rings. The topological polar surface area (TPSA) is 207 Å². The van der Waals surface area contributed by atoms with Crippen molar-refractivity contribution in [2.45, 2.75) is 154 Å². The minimum Gasteiger partial charge on any atom is -0.393 e. The molecule has 15 atom stereocenters. The maximum absolute atomic E-state index is 16.8. The lowest BCUT2D eigenvalue weighted by Crippen LogP contribution is -2.69. The Kier molecular flexibility index (Phi) is 11.3. The molecule has 0 aromatic carbocycles. The second-order valence-electron chi connectivity index (χ2n) is 21.6. The number of rotatable bonds is 5. The molecule has 0 unspecified atom stereocenters. The zero-order valence-electron chi connectivity index (χ0n) is 36.1. The molecule has 8 aliphatic rings. The predicted octanol–water partition coefficient (Wildman–Crippen LogP) is 4.72. The van der Waals surface area contributed by atoms with Crippen LogP contribution in [0.5, 0.6) is 0 Å². The van der Waals surface area contributed by atoms with Crippen molar-refractivity contribution in [3.05, 3.63) is 35.5 Å². The fourth-order valence-electron chi connectivity index (χ4n) is 14.5. The first-order valence-corrected chi connectivity index (χ1v) is 22.9. The van der Waals surface area contributed by atoms with Gasteiger partial charge in [0, 0.05) is 34.0 Å². The molecule has 0 spiro atoms. The molecule has 13 heteroatoms. The van der Waals surface area contributed by atoms with Crippen LogP contribution in [0.25, 0.3) is 0 Å². The fourth-order valence-corrected chi connectivity index (χ4v) is 15.4. The third-order valence-electron chi connectivity index (χ3n) is 17.9. The molecule has 332 valence electrons. The molecule has 0 amide bonds. The number of aliphatic hydroxyl groups is 6. The Hall–Kier alpha value is -2.39. The third-order valence-corrected chi connectivity index (χ3v) is 19.2. The molecule has 6 N–H and O–H groups in total. The van der Waals surface area contributed by atoms with E-state index in [9.17, 15) is 54.6 Å². The summed E-state index contributed by atoms with van der Waals surface area (Å²) in [5.74, 6) is -2.05. The van der Waals surface area contributed by atoms with Gasteiger partial charge in [-0.1, -0.05) is 70.5 Å². The monoisotopic (exact) mass is 856 g/mol. The standard InChI is InChI=1S/C26H38O5S.C21H27FO6/c1-23(2,3)22(30)32-14-20(29)26(31)11-9-18-17-7-6-15-12-16(27)8-10-24(15,4)21(17)19(28)13-25(18,26)5;1-18-6-5-12(24)7-11(18)3-4-13-14-8-15(25)21(28,17(27)10-23)19(14,2)9-16(26)20(13,18)22/h12,17-19,21,28,31H,6-11,13-14H2,1-5H3;5-7,13-16,23,25-26,28H,3-4,8-10H2,1-2H3/t17-,18-,19-,21+,24-,25-,26-;13-,14-,15+,16-,18-,19-,20-,21-/m00/s1. The summed E-state index contributed by atoms with van der Waals surface area (Å²) >= 11 is 1.00. The predicted molar refractivity (Wildman–Crippen MR) is 222 cm³/mol. The molecular formula is C47H65FO11S. The van der Waals surface area contributed by atoms with E-state index in [1.165, 1.54) is 23.8 Å². The molecule has 60 heavy (non-hydrogen) atoms. The van der Waals surface area contributed by atoms with Crippen LogP contribution in [0, 0.1) is 56.7 Å². The van der Waals surface area contributed by atoms with E-state index in [2.05, 4.69) is 6.92 Å². The summed E-state index contributed by atoms with van der Waals surface area (Å²) in [5.41, 5.74) is -7.86. The van der Waals surface area contributed by atoms with E-state index in [1.54, 1.807) is 13.8 Å². The summed E-state index contributed by atoms with van der Waals surface area (Å²) in [7, 11) is 0. The number of thioether (sulfide) groups is 1. The van der Waals surface area contributed by atoms with Gasteiger partial charge in [-0.3, -0.25) is 24.0 Å². The van der Waals surface area contributed by atoms with Crippen molar-refractivity contribution in [3.63, 3.8) is 0 Å². The second kappa shape index (κ2) is 14.8. The molecule has 6 saturated carbocycles. The minimum absolute atomic E-state index is 0.0135. The van der Waals surface area contributed by atoms with E-state index < -0.39 is 81.1 Å². The molecule has 8 rings (SSSR count). The molecule has 0 aromatic heterocycles. The number of alkyl halides is 1. The van der Waals surface area contributed by atoms with Crippen LogP contribution in [0.15, 0.2) is 35.5 Å². The van der Waals surface area contributed by atoms with Crippen molar-refractivity contribution in [1.82, 2.24) is 0 Å². The number of halogens is 1. The Bertz CT molecular complexity index is 1950. The highest BCUT2D eigenvalue weighted by molar-refractivity contribution is 8.14. The molecule has 0 bridgehead atoms. The van der Waals surface area contributed by atoms with Gasteiger partial charge >= 0.3 is 0 Å². The Morgan fingerprint density at radius 2 is 1.48 bits per heavy atom. The molecule has 0 heterocycles. The number of hydrogen-bond acceptors (Lipinski definition) is 12. The van der Waals surface area contributed by atoms with Crippen LogP contribution in [0.3, 0.4) is 0 Å². The van der Waals surface area contributed by atoms with E-state index in [-0.39, 0.29) is 64.2 Å². The lowest BCUT2D eigenvalue weighted by Gasteiger charge is -2.62. The van der Waals surface area contributed by atoms with Crippen molar-refractivity contribution < 1.29 is 59.0 Å². The zero-order valence-corrected chi connectivity index (χ0v) is 36.9. The van der Waals surface area contributed by atoms with E-state index in [4.69, 9.17) is 0 Å². The Morgan fingerprint density at radius 1 is 0.817 bits per heavy atom. The number of aliphatic hydroxyl groups excluding tert-OH is 4. The molecule has 8 aliphatic carbocycles. The molecule has 11 nitrogen and oxygen atoms in total. The summed E-state index contributed by atoms with van der Waals surface area (Å²) in [6.45, 7) is 12.0. The number of Topliss-reactive ketones (excluding diaryl/α,β-unsaturated/α-hetero) is 2. The SMILES string of the molecule is CC(C)(C)C(=O)SCC(=O)[C@@]1(O)CC[C@H]2[C@@H]3CCC4=CC(=O)CC[C@]4(C)[C@H]3[C@@H](O)C[C@@]21C.C[C@]12C=CC(=O)C=C1CC[C@H]1[C@@H]3C[C@@H](O)[C@](O)(C(=O)CO)[C@@]3(C)C[C@H](O)[C@@]12F. The zero-order chi connectivity index (χ0) is 44.4. The maximum atomic E-state index is 16.8. The highest BCUT2D eigenvalue weighted by Gasteiger charge is 2.76. The first-order chi connectivity index (χ1) is 27.7. The van der Waals surface area contributed by atoms with E-state index in [0.717, 1.165) is 37.4 Å². The highest BCUT2D eigenvalue weighted by atomic mass is 32.2. The Morgan fingerprint density at radius 3 is 2.13 bits per heavy atom. The van der Waals surface area contributed by atoms with Gasteiger partial charge in [-0.15, -0.1) is 0 Å². The van der Waals surface area contributed by atoms with Gasteiger partial charge in [0.15, 0.2) is 39.5 Å². The molecule has 0 radical (unpaired) electrons. The van der Waals surface area contributed by atoms with Crippen LogP contribution in [0.1, 0.15) is 119 Å². The lowest BCUT2D eigenvalue weighted by molar-refractivity contribution is -0.222. The Balaban J connectivity index is 0.000000183. The summed E-state index contributed by atoms with van der Waals surface area (Å²) in [4.78, 5) is 61.9. The minimum atomic E-state index is -2.23. The van der Waals surface area contributed by atoms with Crippen LogP contribution in [0.4, 0.5) is 4.39 Å². The number of fused-ring (bicyclic) bond motifs is 10. The fraction of sp³-hybridized carbons (Fsp3) is 0.766. The van der Waals surface area contributed by atoms with Gasteiger partial charge in [-0.2, -0.15) is 0 Å². The van der Waals surface area contributed by atoms with Crippen molar-refractivity contribution >= 4 is 40.0 Å². The van der Waals surface area contributed by atoms with Gasteiger partial charge in [0.1, 0.15) is 12.2 Å². The average Bonchev–Trinajstić information content (AvgIpc) is 3.56. The molecule has 0 aliphatic heterocycles. The summed E-state index contributed by atoms with van der Waals surface area (Å²) in [6.07, 6.45) is 7.71. The van der Waals surface area contributed by atoms with E-state index in [1.807, 2.05) is 33.8 Å². The van der Waals surface area contributed by atoms with Crippen LogP contribution < -0.4 is 0 Å². The van der Waals surface area contributed by atoms with Crippen LogP contribution in [-0.4, -0.2) is 106 Å². The summed E-state index contributed by atoms with van der Waals surface area (Å²) in [5, 5.41) is 65.2. The first-order valence-electron chi connectivity index (χ1n) is 21.9. The van der Waals surface area contributed by atoms with Crippen molar-refractivity contribution in [3.8, 4) is 0 Å². The maximum Gasteiger partial charge on any atom is 0.194 e. The average molecular weight is 857 g/mol. The highest BCUT2D eigenvalue weighted by Crippen LogP contribution is 2.70. The normalized spacial score (nSPS) is 47.8. The second-order valence-corrected chi connectivity index (χ2v) is 22.5. The number of allylic oxidation sites excluding steroid dienone is 5. The van der Waals surface area contributed by atoms with E-state index >= 15 is 4.39 Å². The number of hydrogen-bond donors (Lipinski definition) is 6. The van der Waals surface area contributed by atoms with Crippen molar-refractivity contribution in [2.75, 3.05) is 12.4 Å².